The van der Waals surface area contributed by atoms with E-state index in [0.29, 0.717) is 5.92 Å². The first-order valence-corrected chi connectivity index (χ1v) is 7.88. The molecule has 3 N–H and O–H groups in total. The van der Waals surface area contributed by atoms with Gasteiger partial charge in [-0.3, -0.25) is 9.69 Å². The van der Waals surface area contributed by atoms with Crippen LogP contribution in [-0.2, 0) is 4.79 Å². The predicted molar refractivity (Wildman–Crippen MR) is 82.7 cm³/mol. The van der Waals surface area contributed by atoms with Crippen LogP contribution in [0.25, 0.3) is 0 Å². The topological polar surface area (TPSA) is 75.4 Å². The van der Waals surface area contributed by atoms with E-state index < -0.39 is 11.1 Å². The zero-order valence-electron chi connectivity index (χ0n) is 14.0. The van der Waals surface area contributed by atoms with E-state index in [1.54, 1.807) is 0 Å². The van der Waals surface area contributed by atoms with E-state index in [1.165, 1.54) is 4.90 Å². The molecule has 1 aliphatic carbocycles. The molecule has 0 radical (unpaired) electrons. The Morgan fingerprint density at radius 3 is 2.14 bits per heavy atom. The third-order valence-electron chi connectivity index (χ3n) is 4.88. The number of carbonyl (C=O) groups is 2. The van der Waals surface area contributed by atoms with Crippen LogP contribution in [-0.4, -0.2) is 34.5 Å². The lowest BCUT2D eigenvalue weighted by molar-refractivity contribution is -0.133. The van der Waals surface area contributed by atoms with Gasteiger partial charge in [-0.15, -0.1) is 0 Å². The number of nitrogens with zero attached hydrogens (tertiary/aromatic N) is 1. The van der Waals surface area contributed by atoms with E-state index in [-0.39, 0.29) is 23.9 Å². The van der Waals surface area contributed by atoms with Gasteiger partial charge in [-0.2, -0.15) is 0 Å². The molecule has 5 heteroatoms. The molecule has 1 heterocycles. The molecular formula is C16H29N3O2. The second kappa shape index (κ2) is 4.97. The summed E-state index contributed by atoms with van der Waals surface area (Å²) in [5.41, 5.74) is 4.97. The largest absolute Gasteiger partial charge is 0.325 e. The van der Waals surface area contributed by atoms with Crippen LogP contribution in [0.2, 0.25) is 0 Å². The van der Waals surface area contributed by atoms with Gasteiger partial charge in [0.2, 0.25) is 0 Å². The number of imide groups is 1. The molecule has 0 bridgehead atoms. The van der Waals surface area contributed by atoms with Gasteiger partial charge in [0.05, 0.1) is 0 Å². The Bertz CT molecular complexity index is 437. The van der Waals surface area contributed by atoms with Gasteiger partial charge in [-0.25, -0.2) is 4.79 Å². The molecule has 5 nitrogen and oxygen atoms in total. The van der Waals surface area contributed by atoms with Crippen molar-refractivity contribution in [1.29, 1.82) is 0 Å². The van der Waals surface area contributed by atoms with Crippen LogP contribution in [0.4, 0.5) is 4.79 Å². The summed E-state index contributed by atoms with van der Waals surface area (Å²) in [5, 5.41) is 2.95. The van der Waals surface area contributed by atoms with Gasteiger partial charge in [0.25, 0.3) is 5.91 Å². The van der Waals surface area contributed by atoms with Crippen molar-refractivity contribution in [3.05, 3.63) is 0 Å². The van der Waals surface area contributed by atoms with Crippen molar-refractivity contribution >= 4 is 11.9 Å². The Kier molecular flexibility index (Phi) is 3.85. The minimum atomic E-state index is -0.677. The summed E-state index contributed by atoms with van der Waals surface area (Å²) in [6.07, 6.45) is 3.44. The maximum atomic E-state index is 12.7. The highest BCUT2D eigenvalue weighted by Crippen LogP contribution is 2.43. The Labute approximate surface area is 127 Å². The second-order valence-corrected chi connectivity index (χ2v) is 8.53. The van der Waals surface area contributed by atoms with Crippen LogP contribution in [0.1, 0.15) is 60.3 Å². The Morgan fingerprint density at radius 1 is 1.19 bits per heavy atom. The van der Waals surface area contributed by atoms with Crippen molar-refractivity contribution in [2.75, 3.05) is 6.54 Å². The quantitative estimate of drug-likeness (QED) is 0.767. The Morgan fingerprint density at radius 2 is 1.71 bits per heavy atom. The molecule has 0 atom stereocenters. The van der Waals surface area contributed by atoms with Crippen molar-refractivity contribution in [3.63, 3.8) is 0 Å². The highest BCUT2D eigenvalue weighted by molar-refractivity contribution is 6.07. The number of rotatable bonds is 2. The fourth-order valence-electron chi connectivity index (χ4n) is 3.54. The van der Waals surface area contributed by atoms with Gasteiger partial charge in [0.15, 0.2) is 0 Å². The van der Waals surface area contributed by atoms with Crippen molar-refractivity contribution in [1.82, 2.24) is 10.2 Å². The number of urea groups is 1. The summed E-state index contributed by atoms with van der Waals surface area (Å²) >= 11 is 0. The molecule has 120 valence electrons. The van der Waals surface area contributed by atoms with Gasteiger partial charge in [-0.05, 0) is 50.9 Å². The Hall–Kier alpha value is -1.10. The van der Waals surface area contributed by atoms with Crippen LogP contribution in [0, 0.1) is 11.3 Å². The SMILES string of the molecule is CC(C)(N)CN1C(=O)NC2(CCC(C(C)(C)C)CC2)C1=O. The third-order valence-corrected chi connectivity index (χ3v) is 4.88. The fourth-order valence-corrected chi connectivity index (χ4v) is 3.54. The number of hydrogen-bond donors (Lipinski definition) is 2. The van der Waals surface area contributed by atoms with Crippen LogP contribution >= 0.6 is 0 Å². The summed E-state index contributed by atoms with van der Waals surface area (Å²) in [6.45, 7) is 10.7. The van der Waals surface area contributed by atoms with Crippen LogP contribution in [0.3, 0.4) is 0 Å². The zero-order valence-corrected chi connectivity index (χ0v) is 14.0. The Balaban J connectivity index is 2.09. The predicted octanol–water partition coefficient (Wildman–Crippen LogP) is 2.25. The zero-order chi connectivity index (χ0) is 16.1. The monoisotopic (exact) mass is 295 g/mol. The molecule has 3 amide bonds. The molecule has 0 unspecified atom stereocenters. The van der Waals surface area contributed by atoms with Crippen molar-refractivity contribution < 1.29 is 9.59 Å². The maximum absolute atomic E-state index is 12.7. The first-order chi connectivity index (χ1) is 9.45. The molecule has 0 aromatic rings. The van der Waals surface area contributed by atoms with E-state index in [1.807, 2.05) is 13.8 Å². The van der Waals surface area contributed by atoms with Crippen molar-refractivity contribution in [3.8, 4) is 0 Å². The summed E-state index contributed by atoms with van der Waals surface area (Å²) in [7, 11) is 0. The van der Waals surface area contributed by atoms with Gasteiger partial charge in [0.1, 0.15) is 5.54 Å². The molecule has 21 heavy (non-hydrogen) atoms. The average Bonchev–Trinajstić information content (AvgIpc) is 2.52. The number of carbonyl (C=O) groups excluding carboxylic acids is 2. The molecule has 0 aromatic heterocycles. The lowest BCUT2D eigenvalue weighted by Crippen LogP contribution is -2.52. The maximum Gasteiger partial charge on any atom is 0.325 e. The summed E-state index contributed by atoms with van der Waals surface area (Å²) in [6, 6.07) is -0.285. The molecule has 2 fully saturated rings. The summed E-state index contributed by atoms with van der Waals surface area (Å²) < 4.78 is 0. The van der Waals surface area contributed by atoms with Crippen molar-refractivity contribution in [2.24, 2.45) is 17.1 Å². The molecule has 1 aliphatic heterocycles. The molecule has 1 saturated carbocycles. The lowest BCUT2D eigenvalue weighted by Gasteiger charge is -2.40. The normalized spacial score (nSPS) is 31.0. The van der Waals surface area contributed by atoms with Crippen molar-refractivity contribution in [2.45, 2.75) is 71.4 Å². The van der Waals surface area contributed by atoms with Crippen LogP contribution in [0.15, 0.2) is 0 Å². The number of amides is 3. The van der Waals surface area contributed by atoms with Crippen LogP contribution in [0.5, 0.6) is 0 Å². The van der Waals surface area contributed by atoms with Gasteiger partial charge in [-0.1, -0.05) is 20.8 Å². The molecule has 0 aromatic carbocycles. The number of nitrogens with two attached hydrogens (primary N) is 1. The van der Waals surface area contributed by atoms with Crippen LogP contribution < -0.4 is 11.1 Å². The first-order valence-electron chi connectivity index (χ1n) is 7.88. The molecular weight excluding hydrogens is 266 g/mol. The average molecular weight is 295 g/mol. The molecule has 2 rings (SSSR count). The number of hydrogen-bond acceptors (Lipinski definition) is 3. The smallest absolute Gasteiger partial charge is 0.324 e. The fraction of sp³-hybridized carbons (Fsp3) is 0.875. The van der Waals surface area contributed by atoms with E-state index in [9.17, 15) is 9.59 Å². The first kappa shape index (κ1) is 16.3. The summed E-state index contributed by atoms with van der Waals surface area (Å²) in [5.74, 6) is 0.520. The number of nitrogens with one attached hydrogen (secondary N) is 1. The highest BCUT2D eigenvalue weighted by Gasteiger charge is 2.53. The minimum Gasteiger partial charge on any atom is -0.324 e. The third kappa shape index (κ3) is 3.23. The molecule has 1 saturated heterocycles. The molecule has 2 aliphatic rings. The second-order valence-electron chi connectivity index (χ2n) is 8.53. The summed E-state index contributed by atoms with van der Waals surface area (Å²) in [4.78, 5) is 26.2. The standard InChI is InChI=1S/C16H29N3O2/c1-14(2,3)11-6-8-16(9-7-11)12(20)19(13(21)18-16)10-15(4,5)17/h11H,6-10,17H2,1-5H3,(H,18,21). The van der Waals surface area contributed by atoms with E-state index in [4.69, 9.17) is 5.73 Å². The van der Waals surface area contributed by atoms with Gasteiger partial charge >= 0.3 is 6.03 Å². The van der Waals surface area contributed by atoms with Gasteiger partial charge < -0.3 is 11.1 Å². The molecule has 1 spiro atoms. The minimum absolute atomic E-state index is 0.0848. The van der Waals surface area contributed by atoms with E-state index >= 15 is 0 Å². The highest BCUT2D eigenvalue weighted by atomic mass is 16.2. The van der Waals surface area contributed by atoms with E-state index in [0.717, 1.165) is 25.7 Å². The van der Waals surface area contributed by atoms with E-state index in [2.05, 4.69) is 26.1 Å². The lowest BCUT2D eigenvalue weighted by atomic mass is 9.67. The van der Waals surface area contributed by atoms with Gasteiger partial charge in [0, 0.05) is 12.1 Å².